The zero-order valence-electron chi connectivity index (χ0n) is 18.1. The number of aliphatic carboxylic acids is 1. The average Bonchev–Trinajstić information content (AvgIpc) is 2.80. The lowest BCUT2D eigenvalue weighted by Gasteiger charge is -2.28. The minimum absolute atomic E-state index is 0.0761. The molecule has 3 rings (SSSR count). The first-order valence-corrected chi connectivity index (χ1v) is 11.1. The van der Waals surface area contributed by atoms with Crippen molar-refractivity contribution >= 4 is 23.5 Å². The molecular weight excluding hydrogens is 406 g/mol. The first kappa shape index (κ1) is 23.5. The molecule has 0 aliphatic heterocycles. The Morgan fingerprint density at radius 3 is 2.19 bits per heavy atom. The number of rotatable bonds is 9. The predicted molar refractivity (Wildman–Crippen MR) is 123 cm³/mol. The number of nitrogens with one attached hydrogen (secondary N) is 2. The standard InChI is InChI=1S/C25H31N3O4/c26-16-19-6-10-20(11-7-19)24(31)28-22(14-17-4-2-1-3-5-17)25(32)27-21-12-8-18(9-13-21)15-23(29)30/h1-5,8-9,12-13,19-20,22H,6-7,10-11,14-16,26H2,(H,27,32)(H,28,31)(H,29,30)/t19?,20?,22-/m0/s1. The summed E-state index contributed by atoms with van der Waals surface area (Å²) in [7, 11) is 0. The number of hydrogen-bond acceptors (Lipinski definition) is 4. The van der Waals surface area contributed by atoms with Crippen LogP contribution in [0.25, 0.3) is 0 Å². The smallest absolute Gasteiger partial charge is 0.307 e. The van der Waals surface area contributed by atoms with Gasteiger partial charge in [-0.05, 0) is 61.4 Å². The first-order chi connectivity index (χ1) is 15.4. The summed E-state index contributed by atoms with van der Waals surface area (Å²) in [6, 6.07) is 15.6. The van der Waals surface area contributed by atoms with E-state index in [9.17, 15) is 14.4 Å². The number of carboxylic acids is 1. The first-order valence-electron chi connectivity index (χ1n) is 11.1. The van der Waals surface area contributed by atoms with E-state index in [1.54, 1.807) is 24.3 Å². The molecule has 1 saturated carbocycles. The topological polar surface area (TPSA) is 122 Å². The van der Waals surface area contributed by atoms with E-state index in [1.807, 2.05) is 30.3 Å². The summed E-state index contributed by atoms with van der Waals surface area (Å²) >= 11 is 0. The summed E-state index contributed by atoms with van der Waals surface area (Å²) in [6.07, 6.45) is 3.76. The SMILES string of the molecule is NCC1CCC(C(=O)N[C@@H](Cc2ccccc2)C(=O)Nc2ccc(CC(=O)O)cc2)CC1. The van der Waals surface area contributed by atoms with E-state index in [0.29, 0.717) is 30.1 Å². The summed E-state index contributed by atoms with van der Waals surface area (Å²) in [6.45, 7) is 0.651. The van der Waals surface area contributed by atoms with Crippen LogP contribution in [-0.4, -0.2) is 35.5 Å². The molecule has 0 radical (unpaired) electrons. The Balaban J connectivity index is 1.67. The van der Waals surface area contributed by atoms with Crippen LogP contribution in [0.15, 0.2) is 54.6 Å². The van der Waals surface area contributed by atoms with Gasteiger partial charge in [-0.2, -0.15) is 0 Å². The summed E-state index contributed by atoms with van der Waals surface area (Å²) in [5, 5.41) is 14.7. The molecule has 0 heterocycles. The fraction of sp³-hybridized carbons (Fsp3) is 0.400. The van der Waals surface area contributed by atoms with Gasteiger partial charge in [0.15, 0.2) is 0 Å². The highest BCUT2D eigenvalue weighted by Gasteiger charge is 2.29. The van der Waals surface area contributed by atoms with Crippen LogP contribution >= 0.6 is 0 Å². The van der Waals surface area contributed by atoms with Gasteiger partial charge < -0.3 is 21.5 Å². The molecule has 1 aliphatic rings. The maximum absolute atomic E-state index is 13.1. The van der Waals surface area contributed by atoms with Gasteiger partial charge >= 0.3 is 5.97 Å². The zero-order chi connectivity index (χ0) is 22.9. The lowest BCUT2D eigenvalue weighted by Crippen LogP contribution is -2.48. The Morgan fingerprint density at radius 1 is 0.938 bits per heavy atom. The van der Waals surface area contributed by atoms with Crippen molar-refractivity contribution in [1.29, 1.82) is 0 Å². The number of carbonyl (C=O) groups excluding carboxylic acids is 2. The lowest BCUT2D eigenvalue weighted by molar-refractivity contribution is -0.136. The molecule has 0 saturated heterocycles. The van der Waals surface area contributed by atoms with Crippen molar-refractivity contribution in [3.05, 3.63) is 65.7 Å². The van der Waals surface area contributed by atoms with Gasteiger partial charge in [-0.25, -0.2) is 0 Å². The van der Waals surface area contributed by atoms with Crippen LogP contribution in [0.3, 0.4) is 0 Å². The largest absolute Gasteiger partial charge is 0.481 e. The Labute approximate surface area is 188 Å². The number of amides is 2. The summed E-state index contributed by atoms with van der Waals surface area (Å²) in [5.74, 6) is -0.921. The van der Waals surface area contributed by atoms with Crippen LogP contribution in [0.1, 0.15) is 36.8 Å². The van der Waals surface area contributed by atoms with Gasteiger partial charge in [0.2, 0.25) is 11.8 Å². The molecule has 2 aromatic carbocycles. The van der Waals surface area contributed by atoms with Gasteiger partial charge in [0, 0.05) is 18.0 Å². The molecule has 1 atom stereocenters. The molecule has 0 unspecified atom stereocenters. The second-order valence-corrected chi connectivity index (χ2v) is 8.46. The van der Waals surface area contributed by atoms with Crippen molar-refractivity contribution < 1.29 is 19.5 Å². The molecule has 1 fully saturated rings. The molecule has 0 spiro atoms. The van der Waals surface area contributed by atoms with E-state index in [4.69, 9.17) is 10.8 Å². The van der Waals surface area contributed by atoms with E-state index < -0.39 is 12.0 Å². The van der Waals surface area contributed by atoms with Gasteiger partial charge in [-0.15, -0.1) is 0 Å². The van der Waals surface area contributed by atoms with Gasteiger partial charge in [-0.3, -0.25) is 14.4 Å². The van der Waals surface area contributed by atoms with Crippen molar-refractivity contribution in [2.75, 3.05) is 11.9 Å². The van der Waals surface area contributed by atoms with Gasteiger partial charge in [0.05, 0.1) is 6.42 Å². The zero-order valence-corrected chi connectivity index (χ0v) is 18.1. The number of carbonyl (C=O) groups is 3. The van der Waals surface area contributed by atoms with Crippen molar-refractivity contribution in [2.24, 2.45) is 17.6 Å². The Bertz CT molecular complexity index is 907. The average molecular weight is 438 g/mol. The second-order valence-electron chi connectivity index (χ2n) is 8.46. The van der Waals surface area contributed by atoms with E-state index in [-0.39, 0.29) is 24.2 Å². The van der Waals surface area contributed by atoms with Crippen molar-refractivity contribution in [1.82, 2.24) is 5.32 Å². The lowest BCUT2D eigenvalue weighted by atomic mass is 9.81. The number of hydrogen-bond donors (Lipinski definition) is 4. The van der Waals surface area contributed by atoms with Crippen LogP contribution in [0, 0.1) is 11.8 Å². The monoisotopic (exact) mass is 437 g/mol. The number of benzene rings is 2. The molecule has 7 nitrogen and oxygen atoms in total. The fourth-order valence-electron chi connectivity index (χ4n) is 4.12. The maximum Gasteiger partial charge on any atom is 0.307 e. The Hall–Kier alpha value is -3.19. The second kappa shape index (κ2) is 11.4. The van der Waals surface area contributed by atoms with Crippen molar-refractivity contribution in [2.45, 2.75) is 44.6 Å². The van der Waals surface area contributed by atoms with E-state index >= 15 is 0 Å². The summed E-state index contributed by atoms with van der Waals surface area (Å²) in [4.78, 5) is 36.8. The molecule has 170 valence electrons. The Morgan fingerprint density at radius 2 is 1.59 bits per heavy atom. The highest BCUT2D eigenvalue weighted by Crippen LogP contribution is 2.28. The van der Waals surface area contributed by atoms with Gasteiger partial charge in [-0.1, -0.05) is 42.5 Å². The molecule has 5 N–H and O–H groups in total. The number of carboxylic acid groups (broad SMARTS) is 1. The van der Waals surface area contributed by atoms with Crippen molar-refractivity contribution in [3.8, 4) is 0 Å². The third-order valence-corrected chi connectivity index (χ3v) is 6.04. The van der Waals surface area contributed by atoms with E-state index in [1.165, 1.54) is 0 Å². The number of anilines is 1. The quantitative estimate of drug-likeness (QED) is 0.481. The van der Waals surface area contributed by atoms with E-state index in [0.717, 1.165) is 31.2 Å². The van der Waals surface area contributed by atoms with Crippen LogP contribution in [-0.2, 0) is 27.2 Å². The van der Waals surface area contributed by atoms with Crippen LogP contribution in [0.2, 0.25) is 0 Å². The predicted octanol–water partition coefficient (Wildman–Crippen LogP) is 2.74. The Kier molecular flexibility index (Phi) is 8.39. The molecule has 2 amide bonds. The molecule has 0 bridgehead atoms. The van der Waals surface area contributed by atoms with E-state index in [2.05, 4.69) is 10.6 Å². The minimum atomic E-state index is -0.909. The summed E-state index contributed by atoms with van der Waals surface area (Å²) in [5.41, 5.74) is 7.92. The third kappa shape index (κ3) is 6.92. The highest BCUT2D eigenvalue weighted by molar-refractivity contribution is 5.97. The molecule has 7 heteroatoms. The fourth-order valence-corrected chi connectivity index (χ4v) is 4.12. The maximum atomic E-state index is 13.1. The van der Waals surface area contributed by atoms with Crippen LogP contribution in [0.5, 0.6) is 0 Å². The van der Waals surface area contributed by atoms with Crippen LogP contribution < -0.4 is 16.4 Å². The molecule has 2 aromatic rings. The van der Waals surface area contributed by atoms with Crippen molar-refractivity contribution in [3.63, 3.8) is 0 Å². The third-order valence-electron chi connectivity index (χ3n) is 6.04. The minimum Gasteiger partial charge on any atom is -0.481 e. The molecule has 32 heavy (non-hydrogen) atoms. The van der Waals surface area contributed by atoms with Gasteiger partial charge in [0.1, 0.15) is 6.04 Å². The van der Waals surface area contributed by atoms with Gasteiger partial charge in [0.25, 0.3) is 0 Å². The number of nitrogens with two attached hydrogens (primary N) is 1. The molecule has 1 aliphatic carbocycles. The van der Waals surface area contributed by atoms with Crippen LogP contribution in [0.4, 0.5) is 5.69 Å². The summed E-state index contributed by atoms with van der Waals surface area (Å²) < 4.78 is 0. The molecule has 0 aromatic heterocycles. The highest BCUT2D eigenvalue weighted by atomic mass is 16.4. The molecular formula is C25H31N3O4. The normalized spacial score (nSPS) is 19.0.